The van der Waals surface area contributed by atoms with Gasteiger partial charge in [0.15, 0.2) is 5.82 Å². The predicted octanol–water partition coefficient (Wildman–Crippen LogP) is 4.90. The first kappa shape index (κ1) is 22.0. The van der Waals surface area contributed by atoms with E-state index < -0.39 is 0 Å². The lowest BCUT2D eigenvalue weighted by Crippen LogP contribution is -2.32. The Labute approximate surface area is 213 Å². The van der Waals surface area contributed by atoms with Gasteiger partial charge in [-0.05, 0) is 36.8 Å². The first-order valence-corrected chi connectivity index (χ1v) is 12.3. The second kappa shape index (κ2) is 8.30. The van der Waals surface area contributed by atoms with Gasteiger partial charge in [0.05, 0.1) is 22.8 Å². The highest BCUT2D eigenvalue weighted by molar-refractivity contribution is 7.15. The molecule has 1 amide bonds. The van der Waals surface area contributed by atoms with Gasteiger partial charge in [-0.15, -0.1) is 5.10 Å². The van der Waals surface area contributed by atoms with Crippen LogP contribution in [0.15, 0.2) is 71.5 Å². The van der Waals surface area contributed by atoms with Crippen LogP contribution < -0.4 is 15.0 Å². The second-order valence-electron chi connectivity index (χ2n) is 8.26. The highest BCUT2D eigenvalue weighted by atomic mass is 35.5. The number of amides is 1. The quantitative estimate of drug-likeness (QED) is 0.340. The van der Waals surface area contributed by atoms with Crippen molar-refractivity contribution >= 4 is 56.7 Å². The number of aromatic nitrogens is 3. The molecule has 0 aliphatic carbocycles. The van der Waals surface area contributed by atoms with Crippen molar-refractivity contribution in [1.29, 1.82) is 0 Å². The third-order valence-corrected chi connectivity index (χ3v) is 7.52. The third kappa shape index (κ3) is 3.63. The Hall–Kier alpha value is -3.52. The summed E-state index contributed by atoms with van der Waals surface area (Å²) in [6.07, 6.45) is 0. The zero-order valence-corrected chi connectivity index (χ0v) is 20.7. The minimum Gasteiger partial charge on any atom is -0.303 e. The van der Waals surface area contributed by atoms with Crippen LogP contribution in [-0.4, -0.2) is 20.5 Å². The summed E-state index contributed by atoms with van der Waals surface area (Å²) in [4.78, 5) is 33.6. The molecule has 3 aromatic carbocycles. The predicted molar refractivity (Wildman–Crippen MR) is 139 cm³/mol. The zero-order valence-electron chi connectivity index (χ0n) is 18.3. The molecule has 2 aromatic heterocycles. The first-order chi connectivity index (χ1) is 16.9. The Balaban J connectivity index is 1.48. The molecule has 5 aromatic rings. The summed E-state index contributed by atoms with van der Waals surface area (Å²) >= 11 is 13.4. The average molecular weight is 519 g/mol. The number of hydrogen-bond acceptors (Lipinski definition) is 5. The van der Waals surface area contributed by atoms with E-state index in [1.54, 1.807) is 23.1 Å². The zero-order chi connectivity index (χ0) is 24.3. The molecule has 0 saturated heterocycles. The fourth-order valence-corrected chi connectivity index (χ4v) is 5.69. The maximum atomic E-state index is 13.6. The molecule has 0 bridgehead atoms. The second-order valence-corrected chi connectivity index (χ2v) is 10.1. The molecule has 0 N–H and O–H groups in total. The van der Waals surface area contributed by atoms with Gasteiger partial charge in [-0.25, -0.2) is 0 Å². The number of rotatable bonds is 3. The van der Waals surface area contributed by atoms with Crippen molar-refractivity contribution < 1.29 is 4.79 Å². The van der Waals surface area contributed by atoms with Gasteiger partial charge in [0.25, 0.3) is 11.5 Å². The molecular formula is C26H16Cl2N4O2S. The molecule has 1 aliphatic heterocycles. The Morgan fingerprint density at radius 2 is 1.71 bits per heavy atom. The van der Waals surface area contributed by atoms with Crippen LogP contribution >= 0.6 is 34.5 Å². The van der Waals surface area contributed by atoms with Gasteiger partial charge in [-0.1, -0.05) is 82.6 Å². The summed E-state index contributed by atoms with van der Waals surface area (Å²) in [6.45, 7) is 2.43. The fourth-order valence-electron chi connectivity index (χ4n) is 4.20. The van der Waals surface area contributed by atoms with Crippen LogP contribution in [0.1, 0.15) is 16.7 Å². The average Bonchev–Trinajstić information content (AvgIpc) is 3.46. The monoisotopic (exact) mass is 518 g/mol. The molecule has 0 radical (unpaired) electrons. The molecule has 9 heteroatoms. The number of benzene rings is 3. The standard InChI is InChI=1S/C26H16Cl2N4O2S/c1-14-6-8-15(9-7-14)13-31-20-5-3-2-4-18(20)21(24(31)33)22-25(34)32-26(35-22)29-23(30-32)17-11-10-16(27)12-19(17)28/h2-12H,13H2,1H3/b22-21-. The molecule has 6 nitrogen and oxygen atoms in total. The summed E-state index contributed by atoms with van der Waals surface area (Å²) in [5.74, 6) is 0.111. The number of carbonyl (C=O) groups is 1. The molecule has 0 fully saturated rings. The van der Waals surface area contributed by atoms with Crippen LogP contribution in [0.5, 0.6) is 0 Å². The summed E-state index contributed by atoms with van der Waals surface area (Å²) in [6, 6.07) is 20.6. The molecule has 172 valence electrons. The van der Waals surface area contributed by atoms with E-state index in [0.717, 1.165) is 33.7 Å². The molecule has 0 spiro atoms. The molecular weight excluding hydrogens is 503 g/mol. The highest BCUT2D eigenvalue weighted by Gasteiger charge is 2.34. The summed E-state index contributed by atoms with van der Waals surface area (Å²) in [7, 11) is 0. The normalized spacial score (nSPS) is 14.7. The number of thiazole rings is 1. The van der Waals surface area contributed by atoms with Gasteiger partial charge >= 0.3 is 0 Å². The lowest BCUT2D eigenvalue weighted by molar-refractivity contribution is -0.113. The maximum absolute atomic E-state index is 13.6. The number of carbonyl (C=O) groups excluding carboxylic acids is 1. The van der Waals surface area contributed by atoms with Gasteiger partial charge in [0.1, 0.15) is 4.53 Å². The minimum absolute atomic E-state index is 0.214. The Kier molecular flexibility index (Phi) is 5.21. The van der Waals surface area contributed by atoms with E-state index in [0.29, 0.717) is 43.0 Å². The Morgan fingerprint density at radius 1 is 0.943 bits per heavy atom. The number of fused-ring (bicyclic) bond motifs is 2. The number of nitrogens with zero attached hydrogens (tertiary/aromatic N) is 4. The summed E-state index contributed by atoms with van der Waals surface area (Å²) in [5, 5.41) is 5.27. The van der Waals surface area contributed by atoms with Gasteiger partial charge in [0, 0.05) is 16.1 Å². The summed E-state index contributed by atoms with van der Waals surface area (Å²) in [5.41, 5.74) is 4.23. The maximum Gasteiger partial charge on any atom is 0.291 e. The van der Waals surface area contributed by atoms with E-state index in [9.17, 15) is 9.59 Å². The van der Waals surface area contributed by atoms with Crippen LogP contribution in [-0.2, 0) is 11.3 Å². The largest absolute Gasteiger partial charge is 0.303 e. The van der Waals surface area contributed by atoms with Crippen LogP contribution in [0.3, 0.4) is 0 Å². The van der Waals surface area contributed by atoms with Gasteiger partial charge in [0.2, 0.25) is 4.96 Å². The van der Waals surface area contributed by atoms with Crippen molar-refractivity contribution in [2.45, 2.75) is 13.5 Å². The summed E-state index contributed by atoms with van der Waals surface area (Å²) < 4.78 is 1.55. The van der Waals surface area contributed by atoms with E-state index >= 15 is 0 Å². The van der Waals surface area contributed by atoms with Gasteiger partial charge in [-0.3, -0.25) is 9.59 Å². The molecule has 0 atom stereocenters. The van der Waals surface area contributed by atoms with Crippen molar-refractivity contribution in [2.24, 2.45) is 0 Å². The lowest BCUT2D eigenvalue weighted by Gasteiger charge is -2.17. The molecule has 0 saturated carbocycles. The molecule has 6 rings (SSSR count). The third-order valence-electron chi connectivity index (χ3n) is 5.94. The van der Waals surface area contributed by atoms with Gasteiger partial charge < -0.3 is 4.90 Å². The van der Waals surface area contributed by atoms with Crippen molar-refractivity contribution in [2.75, 3.05) is 4.90 Å². The lowest BCUT2D eigenvalue weighted by atomic mass is 10.1. The smallest absolute Gasteiger partial charge is 0.291 e. The van der Waals surface area contributed by atoms with Crippen molar-refractivity contribution in [3.05, 3.63) is 108 Å². The Bertz CT molecular complexity index is 1760. The van der Waals surface area contributed by atoms with Crippen molar-refractivity contribution in [3.8, 4) is 11.4 Å². The number of hydrogen-bond donors (Lipinski definition) is 0. The van der Waals surface area contributed by atoms with E-state index in [-0.39, 0.29) is 11.5 Å². The molecule has 35 heavy (non-hydrogen) atoms. The molecule has 3 heterocycles. The van der Waals surface area contributed by atoms with E-state index in [4.69, 9.17) is 23.2 Å². The van der Waals surface area contributed by atoms with Crippen LogP contribution in [0, 0.1) is 6.92 Å². The molecule has 1 aliphatic rings. The van der Waals surface area contributed by atoms with Gasteiger partial charge in [-0.2, -0.15) is 9.50 Å². The first-order valence-electron chi connectivity index (χ1n) is 10.8. The SMILES string of the molecule is Cc1ccc(CN2C(=O)/C(=c3\sc4nc(-c5ccc(Cl)cc5Cl)nn4c3=O)c3ccccc32)cc1. The topological polar surface area (TPSA) is 67.6 Å². The van der Waals surface area contributed by atoms with E-state index in [1.807, 2.05) is 55.5 Å². The Morgan fingerprint density at radius 3 is 2.46 bits per heavy atom. The highest BCUT2D eigenvalue weighted by Crippen LogP contribution is 2.36. The number of para-hydroxylation sites is 1. The number of aryl methyl sites for hydroxylation is 1. The molecule has 0 unspecified atom stereocenters. The van der Waals surface area contributed by atoms with Crippen molar-refractivity contribution in [1.82, 2.24) is 14.6 Å². The number of halogens is 2. The number of anilines is 1. The van der Waals surface area contributed by atoms with E-state index in [1.165, 1.54) is 4.52 Å². The van der Waals surface area contributed by atoms with Crippen LogP contribution in [0.25, 0.3) is 21.9 Å². The fraction of sp³-hybridized carbons (Fsp3) is 0.0769. The van der Waals surface area contributed by atoms with Crippen molar-refractivity contribution in [3.63, 3.8) is 0 Å². The van der Waals surface area contributed by atoms with Crippen LogP contribution in [0.4, 0.5) is 5.69 Å². The van der Waals surface area contributed by atoms with E-state index in [2.05, 4.69) is 10.1 Å². The minimum atomic E-state index is -0.385. The van der Waals surface area contributed by atoms with Crippen LogP contribution in [0.2, 0.25) is 10.0 Å².